The number of nitrogens with two attached hydrogens (primary N) is 3. The normalized spacial score (nSPS) is 16.5. The number of rotatable bonds is 15. The summed E-state index contributed by atoms with van der Waals surface area (Å²) in [6.45, 7) is 11.8. The van der Waals surface area contributed by atoms with Gasteiger partial charge >= 0.3 is 18.0 Å². The van der Waals surface area contributed by atoms with Crippen molar-refractivity contribution in [1.82, 2.24) is 74.5 Å². The number of nitrogen functional groups attached to an aromatic ring is 3. The SMILES string of the molecule is Cc1nc2c(N)nc3nc2n1Cc1ccc(Oc2ccc(CNC4CC4)cc2)c(c1)C/C=C\CCO3.Cc1nc2c(N)nc3nc2n1Cc1ccc(Oc2ccc(CNC4CCC4)cc2)c(c1)C/C=C\CCO3.Cc1nc2c(N)nc3nc2n1Cc1ccc(Oc2cccc(CNC4CC4)c2)c(c1)C/C=C\CCO3. The van der Waals surface area contributed by atoms with E-state index in [1.165, 1.54) is 61.6 Å². The summed E-state index contributed by atoms with van der Waals surface area (Å²) in [5.41, 5.74) is 32.9. The summed E-state index contributed by atoms with van der Waals surface area (Å²) >= 11 is 0. The van der Waals surface area contributed by atoms with Crippen LogP contribution in [0.25, 0.3) is 33.5 Å². The number of ether oxygens (including phenoxy) is 6. The third-order valence-corrected chi connectivity index (χ3v) is 20.3. The molecule has 6 aliphatic rings. The van der Waals surface area contributed by atoms with Crippen LogP contribution in [0.3, 0.4) is 0 Å². The molecule has 9 heterocycles. The number of fused-ring (bicyclic) bond motifs is 9. The van der Waals surface area contributed by atoms with Gasteiger partial charge in [0.05, 0.1) is 39.5 Å². The molecule has 6 aromatic carbocycles. The van der Waals surface area contributed by atoms with Gasteiger partial charge in [-0.25, -0.2) is 15.0 Å². The van der Waals surface area contributed by atoms with Crippen molar-refractivity contribution >= 4 is 50.9 Å². The van der Waals surface area contributed by atoms with E-state index in [1.54, 1.807) is 0 Å². The molecule has 3 aliphatic carbocycles. The van der Waals surface area contributed by atoms with E-state index in [0.29, 0.717) is 109 Å². The Morgan fingerprint density at radius 1 is 0.376 bits per heavy atom. The minimum atomic E-state index is 0.283. The van der Waals surface area contributed by atoms with Gasteiger partial charge in [-0.3, -0.25) is 0 Å². The van der Waals surface area contributed by atoms with E-state index in [4.69, 9.17) is 45.6 Å². The molecule has 9 N–H and O–H groups in total. The second-order valence-corrected chi connectivity index (χ2v) is 28.8. The summed E-state index contributed by atoms with van der Waals surface area (Å²) in [7, 11) is 0. The number of nitrogens with one attached hydrogen (secondary N) is 3. The van der Waals surface area contributed by atoms with Crippen LogP contribution < -0.4 is 61.6 Å². The maximum atomic E-state index is 6.40. The van der Waals surface area contributed by atoms with Crippen molar-refractivity contribution in [2.45, 2.75) is 162 Å². The van der Waals surface area contributed by atoms with Gasteiger partial charge in [0, 0.05) is 37.8 Å². The van der Waals surface area contributed by atoms with E-state index in [-0.39, 0.29) is 18.0 Å². The number of aryl methyl sites for hydroxylation is 3. The van der Waals surface area contributed by atoms with Gasteiger partial charge in [0.25, 0.3) is 0 Å². The van der Waals surface area contributed by atoms with Crippen LogP contribution in [0.1, 0.15) is 132 Å². The molecule has 18 rings (SSSR count). The molecule has 0 radical (unpaired) electrons. The van der Waals surface area contributed by atoms with Gasteiger partial charge in [-0.1, -0.05) is 97.5 Å². The molecule has 6 aromatic heterocycles. The number of allylic oxidation sites excluding steroid dienone is 3. The van der Waals surface area contributed by atoms with E-state index in [0.717, 1.165) is 144 Å². The van der Waals surface area contributed by atoms with Crippen LogP contribution in [-0.2, 0) is 58.5 Å². The van der Waals surface area contributed by atoms with Crippen LogP contribution in [0.5, 0.6) is 52.5 Å². The van der Waals surface area contributed by atoms with Crippen molar-refractivity contribution in [2.24, 2.45) is 0 Å². The minimum Gasteiger partial charge on any atom is -0.463 e. The molecular weight excluding hydrogens is 1370 g/mol. The minimum absolute atomic E-state index is 0.283. The largest absolute Gasteiger partial charge is 0.463 e. The average Bonchev–Trinajstić information content (AvgIpc) is 1.65. The highest BCUT2D eigenvalue weighted by Crippen LogP contribution is 2.35. The Kier molecular flexibility index (Phi) is 21.5. The molecule has 24 nitrogen and oxygen atoms in total. The quantitative estimate of drug-likeness (QED) is 0.0520. The standard InChI is InChI=1S/C29H32N6O2.2C28H30N6O2/c1-19-32-26-27(30)33-29-34-28(26)35(19)18-21-11-14-25(22(16-21)6-3-2-4-15-36-29)37-24-12-9-20(10-13-24)17-31-23-7-5-8-23;1-18-31-25-26(29)32-28-33-27(25)34(18)17-20-9-12-24(21(14-20)7-3-2-4-13-35-28)36-23-8-5-6-19(15-23)16-30-22-10-11-22;1-18-31-25-26(29)32-28-33-27(25)34(18)17-20-8-13-24(21(15-20)5-3-2-4-14-35-28)36-23-11-6-19(7-12-23)16-30-22-9-10-22/h2-3,9-14,16,23,31H,4-8,15,17-18H2,1H3,(H2,30,33,34);2-3,5-6,8-9,12,14-15,22,30H,4,7,10-11,13,16-17H2,1H3,(H2,29,32,33);2-3,6-8,11-13,15,22,30H,4-5,9-10,14,16-17H2,1H3,(H2,29,32,33)/b3*3-2-. The second kappa shape index (κ2) is 32.8. The fraction of sp³-hybridized carbons (Fsp3) is 0.329. The van der Waals surface area contributed by atoms with Gasteiger partial charge in [-0.05, 0) is 221 Å². The van der Waals surface area contributed by atoms with Crippen LogP contribution in [-0.4, -0.2) is 96.5 Å². The van der Waals surface area contributed by atoms with E-state index < -0.39 is 0 Å². The third-order valence-electron chi connectivity index (χ3n) is 20.3. The van der Waals surface area contributed by atoms with Crippen LogP contribution in [0.4, 0.5) is 17.5 Å². The summed E-state index contributed by atoms with van der Waals surface area (Å²) in [4.78, 5) is 40.5. The zero-order valence-electron chi connectivity index (χ0n) is 61.9. The van der Waals surface area contributed by atoms with Crippen molar-refractivity contribution in [3.05, 3.63) is 231 Å². The molecule has 0 spiro atoms. The van der Waals surface area contributed by atoms with Crippen molar-refractivity contribution < 1.29 is 28.4 Å². The van der Waals surface area contributed by atoms with Crippen LogP contribution in [0, 0.1) is 20.8 Å². The first-order valence-electron chi connectivity index (χ1n) is 38.1. The maximum absolute atomic E-state index is 6.40. The number of hydrogen-bond donors (Lipinski definition) is 6. The first-order chi connectivity index (χ1) is 53.4. The summed E-state index contributed by atoms with van der Waals surface area (Å²) < 4.78 is 42.6. The lowest BCUT2D eigenvalue weighted by Gasteiger charge is -2.26. The van der Waals surface area contributed by atoms with E-state index in [9.17, 15) is 0 Å². The lowest BCUT2D eigenvalue weighted by molar-refractivity contribution is 0.300. The lowest BCUT2D eigenvalue weighted by Crippen LogP contribution is -2.34. The van der Waals surface area contributed by atoms with Gasteiger partial charge in [0.15, 0.2) is 50.9 Å². The number of nitrogens with zero attached hydrogens (tertiary/aromatic N) is 12. The molecule has 12 bridgehead atoms. The summed E-state index contributed by atoms with van der Waals surface area (Å²) in [5, 5.41) is 10.7. The van der Waals surface area contributed by atoms with E-state index in [1.807, 2.05) is 39.0 Å². The molecule has 0 amide bonds. The van der Waals surface area contributed by atoms with Crippen molar-refractivity contribution in [3.63, 3.8) is 0 Å². The number of hydrogen-bond acceptors (Lipinski definition) is 21. The second-order valence-electron chi connectivity index (χ2n) is 28.8. The highest BCUT2D eigenvalue weighted by atomic mass is 16.5. The number of aromatic nitrogens is 12. The van der Waals surface area contributed by atoms with Crippen LogP contribution >= 0.6 is 0 Å². The number of benzene rings is 6. The van der Waals surface area contributed by atoms with Gasteiger partial charge in [0.1, 0.15) is 52.0 Å². The maximum Gasteiger partial charge on any atom is 0.320 e. The topological polar surface area (TPSA) is 300 Å². The molecule has 109 heavy (non-hydrogen) atoms. The Hall–Kier alpha value is -11.7. The van der Waals surface area contributed by atoms with Crippen LogP contribution in [0.15, 0.2) is 164 Å². The Balaban J connectivity index is 0.000000124. The molecule has 0 saturated heterocycles. The predicted molar refractivity (Wildman–Crippen MR) is 423 cm³/mol. The van der Waals surface area contributed by atoms with Crippen molar-refractivity contribution in [2.75, 3.05) is 37.0 Å². The fourth-order valence-electron chi connectivity index (χ4n) is 13.7. The van der Waals surface area contributed by atoms with E-state index >= 15 is 0 Å². The molecule has 12 aromatic rings. The zero-order chi connectivity index (χ0) is 74.2. The smallest absolute Gasteiger partial charge is 0.320 e. The molecular formula is C85H92N18O6. The Labute approximate surface area is 633 Å². The van der Waals surface area contributed by atoms with Gasteiger partial charge < -0.3 is 75.3 Å². The highest BCUT2D eigenvalue weighted by Gasteiger charge is 2.25. The fourth-order valence-corrected chi connectivity index (χ4v) is 13.7. The van der Waals surface area contributed by atoms with E-state index in [2.05, 4.69) is 220 Å². The van der Waals surface area contributed by atoms with Crippen molar-refractivity contribution in [3.8, 4) is 52.5 Å². The van der Waals surface area contributed by atoms with Crippen molar-refractivity contribution in [1.29, 1.82) is 0 Å². The first-order valence-corrected chi connectivity index (χ1v) is 38.1. The monoisotopic (exact) mass is 1460 g/mol. The van der Waals surface area contributed by atoms with Gasteiger partial charge in [0.2, 0.25) is 0 Å². The molecule has 0 unspecified atom stereocenters. The average molecular weight is 1460 g/mol. The Morgan fingerprint density at radius 3 is 1.09 bits per heavy atom. The molecule has 558 valence electrons. The molecule has 3 aliphatic heterocycles. The zero-order valence-corrected chi connectivity index (χ0v) is 61.9. The number of anilines is 3. The number of imidazole rings is 3. The molecule has 3 fully saturated rings. The van der Waals surface area contributed by atoms with Crippen LogP contribution in [0.2, 0.25) is 0 Å². The highest BCUT2D eigenvalue weighted by molar-refractivity contribution is 5.84. The first kappa shape index (κ1) is 71.5. The summed E-state index contributed by atoms with van der Waals surface area (Å²) in [5.74, 6) is 8.58. The summed E-state index contributed by atoms with van der Waals surface area (Å²) in [6.07, 6.45) is 26.4. The Morgan fingerprint density at radius 2 is 0.734 bits per heavy atom. The lowest BCUT2D eigenvalue weighted by atomic mass is 9.93. The molecule has 24 heteroatoms. The van der Waals surface area contributed by atoms with Gasteiger partial charge in [-0.15, -0.1) is 0 Å². The Bertz CT molecular complexity index is 5350. The molecule has 3 saturated carbocycles. The molecule has 0 atom stereocenters. The third kappa shape index (κ3) is 17.8. The van der Waals surface area contributed by atoms with Gasteiger partial charge in [-0.2, -0.15) is 29.9 Å². The summed E-state index contributed by atoms with van der Waals surface area (Å²) in [6, 6.07) is 47.0. The predicted octanol–water partition coefficient (Wildman–Crippen LogP) is 14.5.